The van der Waals surface area contributed by atoms with Crippen LogP contribution in [-0.2, 0) is 4.74 Å². The molecule has 0 aliphatic heterocycles. The Kier molecular flexibility index (Phi) is 5.09. The lowest BCUT2D eigenvalue weighted by molar-refractivity contribution is 0.191. The quantitative estimate of drug-likeness (QED) is 0.390. The minimum absolute atomic E-state index is 0.603. The van der Waals surface area contributed by atoms with E-state index >= 15 is 0 Å². The monoisotopic (exact) mass is 104 g/mol. The summed E-state index contributed by atoms with van der Waals surface area (Å²) in [7, 11) is 0. The Morgan fingerprint density at radius 3 is 2.67 bits per heavy atom. The molecular weight excluding hydrogens is 96.1 g/mol. The molecule has 0 heterocycles. The first-order valence-corrected chi connectivity index (χ1v) is 2.40. The Balaban J connectivity index is 2.49. The van der Waals surface area contributed by atoms with E-state index in [0.29, 0.717) is 6.61 Å². The van der Waals surface area contributed by atoms with Crippen LogP contribution < -0.4 is 0 Å². The second kappa shape index (κ2) is 5.05. The molecule has 0 fully saturated rings. The van der Waals surface area contributed by atoms with Crippen molar-refractivity contribution in [2.24, 2.45) is 0 Å². The molecule has 0 aromatic carbocycles. The van der Waals surface area contributed by atoms with Crippen molar-refractivity contribution in [3.05, 3.63) is 0 Å². The molecule has 0 aliphatic rings. The maximum Gasteiger partial charge on any atom is 0.0749 e. The van der Waals surface area contributed by atoms with Gasteiger partial charge in [-0.05, 0) is 6.92 Å². The highest BCUT2D eigenvalue weighted by molar-refractivity contribution is 7.79. The molecule has 0 bridgehead atoms. The van der Waals surface area contributed by atoms with Gasteiger partial charge in [-0.1, -0.05) is 12.2 Å². The number of hydrogen-bond donors (Lipinski definition) is 0. The summed E-state index contributed by atoms with van der Waals surface area (Å²) < 4.78 is 4.82. The third kappa shape index (κ3) is 4.05. The molecule has 36 valence electrons. The predicted octanol–water partition coefficient (Wildman–Crippen LogP) is 1.02. The third-order valence-corrected chi connectivity index (χ3v) is 0.526. The SMILES string of the molecule is CCOCC=S. The average molecular weight is 104 g/mol. The molecule has 0 radical (unpaired) electrons. The molecule has 0 aliphatic carbocycles. The summed E-state index contributed by atoms with van der Waals surface area (Å²) in [6.07, 6.45) is 0. The lowest BCUT2D eigenvalue weighted by Crippen LogP contribution is -1.90. The van der Waals surface area contributed by atoms with E-state index in [2.05, 4.69) is 12.2 Å². The van der Waals surface area contributed by atoms with Gasteiger partial charge in [0.25, 0.3) is 0 Å². The Labute approximate surface area is 43.3 Å². The van der Waals surface area contributed by atoms with Crippen LogP contribution in [0.2, 0.25) is 0 Å². The number of thiocarbonyl (C=S) groups is 1. The lowest BCUT2D eigenvalue weighted by atomic mass is 10.8. The van der Waals surface area contributed by atoms with Gasteiger partial charge in [-0.2, -0.15) is 0 Å². The first-order chi connectivity index (χ1) is 2.91. The van der Waals surface area contributed by atoms with Crippen molar-refractivity contribution >= 4 is 17.6 Å². The Morgan fingerprint density at radius 2 is 2.50 bits per heavy atom. The van der Waals surface area contributed by atoms with Crippen molar-refractivity contribution < 1.29 is 4.74 Å². The normalized spacial score (nSPS) is 8.17. The van der Waals surface area contributed by atoms with E-state index in [1.165, 1.54) is 0 Å². The minimum atomic E-state index is 0.603. The number of rotatable bonds is 3. The van der Waals surface area contributed by atoms with E-state index in [1.807, 2.05) is 6.92 Å². The van der Waals surface area contributed by atoms with Gasteiger partial charge in [-0.25, -0.2) is 0 Å². The smallest absolute Gasteiger partial charge is 0.0749 e. The van der Waals surface area contributed by atoms with E-state index < -0.39 is 0 Å². The Hall–Kier alpha value is 0.0500. The van der Waals surface area contributed by atoms with Crippen LogP contribution >= 0.6 is 12.2 Å². The molecular formula is C4H8OS. The summed E-state index contributed by atoms with van der Waals surface area (Å²) in [6, 6.07) is 0. The van der Waals surface area contributed by atoms with Gasteiger partial charge in [-0.15, -0.1) is 0 Å². The zero-order valence-corrected chi connectivity index (χ0v) is 4.62. The van der Waals surface area contributed by atoms with Gasteiger partial charge in [0.15, 0.2) is 0 Å². The van der Waals surface area contributed by atoms with Crippen molar-refractivity contribution in [3.63, 3.8) is 0 Å². The molecule has 0 aromatic heterocycles. The molecule has 2 heteroatoms. The second-order valence-electron chi connectivity index (χ2n) is 0.826. The van der Waals surface area contributed by atoms with E-state index in [4.69, 9.17) is 4.74 Å². The van der Waals surface area contributed by atoms with Gasteiger partial charge in [0.05, 0.1) is 6.61 Å². The van der Waals surface area contributed by atoms with Crippen LogP contribution in [0.15, 0.2) is 0 Å². The largest absolute Gasteiger partial charge is 0.377 e. The predicted molar refractivity (Wildman–Crippen MR) is 30.1 cm³/mol. The standard InChI is InChI=1S/C4H8OS/c1-2-5-3-4-6/h4H,2-3H2,1H3. The molecule has 6 heavy (non-hydrogen) atoms. The molecule has 1 nitrogen and oxygen atoms in total. The summed E-state index contributed by atoms with van der Waals surface area (Å²) in [6.45, 7) is 3.30. The van der Waals surface area contributed by atoms with Crippen LogP contribution in [0.1, 0.15) is 6.92 Å². The summed E-state index contributed by atoms with van der Waals surface area (Å²) in [5, 5.41) is 1.57. The van der Waals surface area contributed by atoms with Crippen molar-refractivity contribution in [1.82, 2.24) is 0 Å². The van der Waals surface area contributed by atoms with Crippen LogP contribution in [-0.4, -0.2) is 18.6 Å². The van der Waals surface area contributed by atoms with E-state index in [1.54, 1.807) is 5.37 Å². The molecule has 0 amide bonds. The van der Waals surface area contributed by atoms with Crippen molar-refractivity contribution in [2.75, 3.05) is 13.2 Å². The Bertz CT molecular complexity index is 36.5. The van der Waals surface area contributed by atoms with Crippen LogP contribution in [0.4, 0.5) is 0 Å². The highest BCUT2D eigenvalue weighted by Crippen LogP contribution is 1.65. The molecule has 0 atom stereocenters. The molecule has 0 saturated carbocycles. The molecule has 0 N–H and O–H groups in total. The minimum Gasteiger partial charge on any atom is -0.377 e. The van der Waals surface area contributed by atoms with Gasteiger partial charge in [0, 0.05) is 12.0 Å². The maximum atomic E-state index is 4.82. The third-order valence-electron chi connectivity index (χ3n) is 0.390. The highest BCUT2D eigenvalue weighted by Gasteiger charge is 1.69. The van der Waals surface area contributed by atoms with E-state index in [-0.39, 0.29) is 0 Å². The fraction of sp³-hybridized carbons (Fsp3) is 0.750. The summed E-state index contributed by atoms with van der Waals surface area (Å²) in [5.74, 6) is 0. The van der Waals surface area contributed by atoms with Crippen molar-refractivity contribution in [2.45, 2.75) is 6.92 Å². The zero-order chi connectivity index (χ0) is 4.83. The van der Waals surface area contributed by atoms with Gasteiger partial charge < -0.3 is 4.74 Å². The van der Waals surface area contributed by atoms with Crippen LogP contribution in [0.25, 0.3) is 0 Å². The molecule has 0 rings (SSSR count). The van der Waals surface area contributed by atoms with Crippen LogP contribution in [0.3, 0.4) is 0 Å². The lowest BCUT2D eigenvalue weighted by Gasteiger charge is -1.87. The van der Waals surface area contributed by atoms with Crippen LogP contribution in [0.5, 0.6) is 0 Å². The van der Waals surface area contributed by atoms with Gasteiger partial charge >= 0.3 is 0 Å². The van der Waals surface area contributed by atoms with Crippen LogP contribution in [0, 0.1) is 0 Å². The summed E-state index contributed by atoms with van der Waals surface area (Å²) in [4.78, 5) is 0. The highest BCUT2D eigenvalue weighted by atomic mass is 32.1. The summed E-state index contributed by atoms with van der Waals surface area (Å²) in [5.41, 5.74) is 0. The zero-order valence-electron chi connectivity index (χ0n) is 3.81. The van der Waals surface area contributed by atoms with Crippen molar-refractivity contribution in [1.29, 1.82) is 0 Å². The molecule has 0 saturated heterocycles. The van der Waals surface area contributed by atoms with Gasteiger partial charge in [-0.3, -0.25) is 0 Å². The van der Waals surface area contributed by atoms with Gasteiger partial charge in [0.1, 0.15) is 0 Å². The number of ether oxygens (including phenoxy) is 1. The maximum absolute atomic E-state index is 4.82. The molecule has 0 spiro atoms. The fourth-order valence-electron chi connectivity index (χ4n) is 0.166. The average Bonchev–Trinajstić information content (AvgIpc) is 1.61. The van der Waals surface area contributed by atoms with Crippen molar-refractivity contribution in [3.8, 4) is 0 Å². The topological polar surface area (TPSA) is 9.23 Å². The Morgan fingerprint density at radius 1 is 1.83 bits per heavy atom. The molecule has 0 aromatic rings. The second-order valence-corrected chi connectivity index (χ2v) is 1.16. The molecule has 0 unspecified atom stereocenters. The van der Waals surface area contributed by atoms with E-state index in [9.17, 15) is 0 Å². The van der Waals surface area contributed by atoms with E-state index in [0.717, 1.165) is 6.61 Å². The number of hydrogen-bond acceptors (Lipinski definition) is 2. The first kappa shape index (κ1) is 6.05. The first-order valence-electron chi connectivity index (χ1n) is 1.93. The van der Waals surface area contributed by atoms with Gasteiger partial charge in [0.2, 0.25) is 0 Å². The fourth-order valence-corrected chi connectivity index (χ4v) is 0.262. The summed E-state index contributed by atoms with van der Waals surface area (Å²) >= 11 is 4.47.